The molecule has 0 aliphatic rings. The van der Waals surface area contributed by atoms with Crippen molar-refractivity contribution in [2.24, 2.45) is 0 Å². The average Bonchev–Trinajstić information content (AvgIpc) is 2.45. The minimum absolute atomic E-state index is 0.525. The molecule has 0 saturated carbocycles. The molecule has 0 rings (SSSR count). The molecule has 2 N–H and O–H groups in total. The number of carbonyl (C=O) groups is 2. The molecular weight excluding hydrogens is 252 g/mol. The van der Waals surface area contributed by atoms with Gasteiger partial charge < -0.3 is 20.2 Å². The lowest BCUT2D eigenvalue weighted by Crippen LogP contribution is -2.27. The molecule has 0 saturated heterocycles. The second-order valence-electron chi connectivity index (χ2n) is 5.43. The van der Waals surface area contributed by atoms with Gasteiger partial charge in [0.1, 0.15) is 12.6 Å². The van der Waals surface area contributed by atoms with Crippen molar-refractivity contribution in [1.29, 1.82) is 0 Å². The van der Waals surface area contributed by atoms with E-state index in [4.69, 9.17) is 0 Å². The van der Waals surface area contributed by atoms with Crippen molar-refractivity contribution in [2.45, 2.75) is 70.8 Å². The number of hydrogen-bond donors (Lipinski definition) is 2. The van der Waals surface area contributed by atoms with Gasteiger partial charge in [-0.1, -0.05) is 32.1 Å². The lowest BCUT2D eigenvalue weighted by atomic mass is 10.1. The molecule has 0 aromatic carbocycles. The van der Waals surface area contributed by atoms with E-state index in [9.17, 15) is 9.59 Å². The van der Waals surface area contributed by atoms with Crippen LogP contribution in [0.2, 0.25) is 0 Å². The minimum atomic E-state index is 0.525. The lowest BCUT2D eigenvalue weighted by Gasteiger charge is -2.12. The van der Waals surface area contributed by atoms with Gasteiger partial charge in [0.2, 0.25) is 0 Å². The summed E-state index contributed by atoms with van der Waals surface area (Å²) >= 11 is 0. The highest BCUT2D eigenvalue weighted by Crippen LogP contribution is 2.08. The van der Waals surface area contributed by atoms with Crippen LogP contribution in [-0.2, 0) is 9.59 Å². The van der Waals surface area contributed by atoms with Crippen LogP contribution in [0.3, 0.4) is 0 Å². The van der Waals surface area contributed by atoms with E-state index in [-0.39, 0.29) is 0 Å². The second-order valence-corrected chi connectivity index (χ2v) is 5.43. The van der Waals surface area contributed by atoms with Crippen molar-refractivity contribution in [3.63, 3.8) is 0 Å². The normalized spacial score (nSPS) is 12.2. The summed E-state index contributed by atoms with van der Waals surface area (Å²) in [7, 11) is 0. The molecular formula is C16H32N2O2. The number of hydrogen-bond acceptors (Lipinski definition) is 4. The summed E-state index contributed by atoms with van der Waals surface area (Å²) < 4.78 is 0. The number of unbranched alkanes of at least 4 members (excludes halogenated alkanes) is 5. The van der Waals surface area contributed by atoms with E-state index in [1.54, 1.807) is 0 Å². The monoisotopic (exact) mass is 284 g/mol. The molecule has 0 bridgehead atoms. The molecule has 20 heavy (non-hydrogen) atoms. The predicted octanol–water partition coefficient (Wildman–Crippen LogP) is 2.46. The molecule has 0 amide bonds. The zero-order chi connectivity index (χ0) is 14.9. The first kappa shape index (κ1) is 19.3. The Morgan fingerprint density at radius 1 is 0.800 bits per heavy atom. The molecule has 0 aromatic heterocycles. The maximum atomic E-state index is 10.2. The lowest BCUT2D eigenvalue weighted by molar-refractivity contribution is -0.108. The van der Waals surface area contributed by atoms with E-state index >= 15 is 0 Å². The van der Waals surface area contributed by atoms with Gasteiger partial charge in [-0.3, -0.25) is 0 Å². The van der Waals surface area contributed by atoms with E-state index in [0.717, 1.165) is 32.2 Å². The van der Waals surface area contributed by atoms with Crippen LogP contribution in [0.4, 0.5) is 0 Å². The molecule has 0 aromatic rings. The Kier molecular flexibility index (Phi) is 15.7. The standard InChI is InChI=1S/C16H32N2O2/c1-16(18-13-9-15-20)10-6-4-2-3-5-7-11-17-12-8-14-19/h14-18H,2-13H2,1H3. The van der Waals surface area contributed by atoms with Crippen molar-refractivity contribution in [2.75, 3.05) is 19.6 Å². The van der Waals surface area contributed by atoms with Gasteiger partial charge in [-0.05, 0) is 26.3 Å². The Bertz CT molecular complexity index is 223. The third-order valence-electron chi connectivity index (χ3n) is 3.43. The summed E-state index contributed by atoms with van der Waals surface area (Å²) in [5, 5.41) is 6.62. The van der Waals surface area contributed by atoms with Crippen molar-refractivity contribution in [3.05, 3.63) is 0 Å². The maximum absolute atomic E-state index is 10.2. The topological polar surface area (TPSA) is 58.2 Å². The minimum Gasteiger partial charge on any atom is -0.316 e. The van der Waals surface area contributed by atoms with Crippen LogP contribution >= 0.6 is 0 Å². The molecule has 0 radical (unpaired) electrons. The van der Waals surface area contributed by atoms with Crippen LogP contribution in [-0.4, -0.2) is 38.2 Å². The Morgan fingerprint density at radius 3 is 2.10 bits per heavy atom. The first-order valence-corrected chi connectivity index (χ1v) is 8.12. The quantitative estimate of drug-likeness (QED) is 0.338. The summed E-state index contributed by atoms with van der Waals surface area (Å²) in [5.74, 6) is 0. The van der Waals surface area contributed by atoms with Gasteiger partial charge >= 0.3 is 0 Å². The molecule has 1 unspecified atom stereocenters. The van der Waals surface area contributed by atoms with Gasteiger partial charge in [-0.25, -0.2) is 0 Å². The third-order valence-corrected chi connectivity index (χ3v) is 3.43. The summed E-state index contributed by atoms with van der Waals surface area (Å²) in [4.78, 5) is 20.3. The van der Waals surface area contributed by atoms with E-state index in [0.29, 0.717) is 18.9 Å². The van der Waals surface area contributed by atoms with E-state index in [1.807, 2.05) is 0 Å². The van der Waals surface area contributed by atoms with Crippen LogP contribution in [0.1, 0.15) is 64.7 Å². The van der Waals surface area contributed by atoms with Gasteiger partial charge in [0, 0.05) is 32.0 Å². The summed E-state index contributed by atoms with van der Waals surface area (Å²) in [6, 6.07) is 0.525. The molecule has 4 nitrogen and oxygen atoms in total. The fraction of sp³-hybridized carbons (Fsp3) is 0.875. The SMILES string of the molecule is CC(CCCCCCCCNCCC=O)NCCC=O. The second kappa shape index (κ2) is 16.3. The Hall–Kier alpha value is -0.740. The van der Waals surface area contributed by atoms with Gasteiger partial charge in [0.25, 0.3) is 0 Å². The van der Waals surface area contributed by atoms with Gasteiger partial charge in [0.15, 0.2) is 0 Å². The molecule has 0 aliphatic carbocycles. The predicted molar refractivity (Wildman–Crippen MR) is 84.0 cm³/mol. The Morgan fingerprint density at radius 2 is 1.40 bits per heavy atom. The number of nitrogens with one attached hydrogen (secondary N) is 2. The largest absolute Gasteiger partial charge is 0.316 e. The van der Waals surface area contributed by atoms with Crippen molar-refractivity contribution in [1.82, 2.24) is 10.6 Å². The van der Waals surface area contributed by atoms with Gasteiger partial charge in [-0.2, -0.15) is 0 Å². The van der Waals surface area contributed by atoms with Crippen LogP contribution in [0.5, 0.6) is 0 Å². The average molecular weight is 284 g/mol. The van der Waals surface area contributed by atoms with Crippen LogP contribution < -0.4 is 10.6 Å². The van der Waals surface area contributed by atoms with Crippen LogP contribution in [0, 0.1) is 0 Å². The molecule has 1 atom stereocenters. The molecule has 4 heteroatoms. The van der Waals surface area contributed by atoms with Gasteiger partial charge in [0.05, 0.1) is 0 Å². The fourth-order valence-electron chi connectivity index (χ4n) is 2.18. The molecule has 0 fully saturated rings. The highest BCUT2D eigenvalue weighted by atomic mass is 16.1. The zero-order valence-electron chi connectivity index (χ0n) is 13.0. The number of aldehydes is 2. The third kappa shape index (κ3) is 15.3. The highest BCUT2D eigenvalue weighted by Gasteiger charge is 2.00. The maximum Gasteiger partial charge on any atom is 0.121 e. The molecule has 118 valence electrons. The van der Waals surface area contributed by atoms with Crippen molar-refractivity contribution < 1.29 is 9.59 Å². The van der Waals surface area contributed by atoms with Crippen LogP contribution in [0.15, 0.2) is 0 Å². The zero-order valence-corrected chi connectivity index (χ0v) is 13.0. The highest BCUT2D eigenvalue weighted by molar-refractivity contribution is 5.49. The summed E-state index contributed by atoms with van der Waals surface area (Å²) in [5.41, 5.74) is 0. The summed E-state index contributed by atoms with van der Waals surface area (Å²) in [6.07, 6.45) is 12.1. The molecule has 0 spiro atoms. The first-order chi connectivity index (χ1) is 9.81. The van der Waals surface area contributed by atoms with E-state index in [2.05, 4.69) is 17.6 Å². The van der Waals surface area contributed by atoms with Crippen molar-refractivity contribution >= 4 is 12.6 Å². The van der Waals surface area contributed by atoms with Crippen molar-refractivity contribution in [3.8, 4) is 0 Å². The summed E-state index contributed by atoms with van der Waals surface area (Å²) in [6.45, 7) is 4.85. The first-order valence-electron chi connectivity index (χ1n) is 8.12. The number of carbonyl (C=O) groups excluding carboxylic acids is 2. The smallest absolute Gasteiger partial charge is 0.121 e. The van der Waals surface area contributed by atoms with E-state index in [1.165, 1.54) is 44.9 Å². The Labute approximate surface area is 124 Å². The van der Waals surface area contributed by atoms with E-state index < -0.39 is 0 Å². The fourth-order valence-corrected chi connectivity index (χ4v) is 2.18. The number of rotatable bonds is 16. The molecule has 0 heterocycles. The molecule has 0 aliphatic heterocycles. The van der Waals surface area contributed by atoms with Crippen LogP contribution in [0.25, 0.3) is 0 Å². The van der Waals surface area contributed by atoms with Gasteiger partial charge in [-0.15, -0.1) is 0 Å². The Balaban J connectivity index is 3.08.